The van der Waals surface area contributed by atoms with E-state index in [2.05, 4.69) is 17.5 Å². The summed E-state index contributed by atoms with van der Waals surface area (Å²) in [5.74, 6) is 0.0816. The number of ether oxygens (including phenoxy) is 1. The number of Topliss-reactive ketones (excluding diaryl/α,β-unsaturated/α-hetero) is 1. The standard InChI is InChI=1S/C24H21ClN2O2/c1-14-19(13-26)23(18-5-3-4-6-20(18)25)24-21(27-14)11-16(12-22(24)28)15-7-9-17(29-2)10-8-15/h3-11,16,23-24,27H,12H2,1-2H3. The van der Waals surface area contributed by atoms with Crippen LogP contribution in [0.2, 0.25) is 5.02 Å². The summed E-state index contributed by atoms with van der Waals surface area (Å²) in [4.78, 5) is 13.3. The number of halogens is 1. The van der Waals surface area contributed by atoms with Crippen molar-refractivity contribution in [1.29, 1.82) is 5.26 Å². The van der Waals surface area contributed by atoms with Crippen LogP contribution in [0.4, 0.5) is 0 Å². The summed E-state index contributed by atoms with van der Waals surface area (Å²) < 4.78 is 5.23. The zero-order valence-corrected chi connectivity index (χ0v) is 17.0. The summed E-state index contributed by atoms with van der Waals surface area (Å²) in [6.07, 6.45) is 2.51. The number of fused-ring (bicyclic) bond motifs is 1. The zero-order chi connectivity index (χ0) is 20.5. The van der Waals surface area contributed by atoms with E-state index in [0.717, 1.165) is 28.3 Å². The summed E-state index contributed by atoms with van der Waals surface area (Å²) >= 11 is 6.46. The van der Waals surface area contributed by atoms with Crippen molar-refractivity contribution in [2.24, 2.45) is 5.92 Å². The van der Waals surface area contributed by atoms with E-state index < -0.39 is 5.92 Å². The number of methoxy groups -OCH3 is 1. The van der Waals surface area contributed by atoms with Gasteiger partial charge in [0.15, 0.2) is 0 Å². The predicted octanol–water partition coefficient (Wildman–Crippen LogP) is 5.09. The Hall–Kier alpha value is -3.03. The highest BCUT2D eigenvalue weighted by Crippen LogP contribution is 2.47. The van der Waals surface area contributed by atoms with Crippen LogP contribution in [0.15, 0.2) is 71.6 Å². The molecule has 0 saturated carbocycles. The van der Waals surface area contributed by atoms with E-state index in [4.69, 9.17) is 16.3 Å². The number of nitrogens with one attached hydrogen (secondary N) is 1. The van der Waals surface area contributed by atoms with Crippen LogP contribution in [-0.4, -0.2) is 12.9 Å². The molecule has 0 spiro atoms. The highest BCUT2D eigenvalue weighted by atomic mass is 35.5. The zero-order valence-electron chi connectivity index (χ0n) is 16.3. The molecule has 3 unspecified atom stereocenters. The van der Waals surface area contributed by atoms with Crippen molar-refractivity contribution < 1.29 is 9.53 Å². The van der Waals surface area contributed by atoms with Gasteiger partial charge >= 0.3 is 0 Å². The largest absolute Gasteiger partial charge is 0.497 e. The number of carbonyl (C=O) groups is 1. The Balaban J connectivity index is 1.79. The molecule has 0 radical (unpaired) electrons. The van der Waals surface area contributed by atoms with E-state index in [1.165, 1.54) is 0 Å². The van der Waals surface area contributed by atoms with E-state index in [9.17, 15) is 10.1 Å². The topological polar surface area (TPSA) is 62.1 Å². The molecule has 3 atom stereocenters. The van der Waals surface area contributed by atoms with Crippen molar-refractivity contribution >= 4 is 17.4 Å². The first-order chi connectivity index (χ1) is 14.0. The van der Waals surface area contributed by atoms with Crippen molar-refractivity contribution in [3.05, 3.63) is 87.7 Å². The first kappa shape index (κ1) is 19.3. The molecule has 0 fully saturated rings. The van der Waals surface area contributed by atoms with Crippen LogP contribution < -0.4 is 10.1 Å². The van der Waals surface area contributed by atoms with Gasteiger partial charge in [-0.15, -0.1) is 0 Å². The molecule has 1 aliphatic heterocycles. The molecule has 1 aliphatic carbocycles. The number of ketones is 1. The maximum Gasteiger partial charge on any atom is 0.143 e. The number of nitriles is 1. The fourth-order valence-corrected chi connectivity index (χ4v) is 4.60. The van der Waals surface area contributed by atoms with E-state index in [0.29, 0.717) is 17.0 Å². The summed E-state index contributed by atoms with van der Waals surface area (Å²) in [5.41, 5.74) is 4.07. The fraction of sp³-hybridized carbons (Fsp3) is 0.250. The molecular formula is C24H21ClN2O2. The first-order valence-electron chi connectivity index (χ1n) is 9.54. The van der Waals surface area contributed by atoms with E-state index >= 15 is 0 Å². The lowest BCUT2D eigenvalue weighted by Gasteiger charge is -2.38. The Morgan fingerprint density at radius 2 is 1.86 bits per heavy atom. The van der Waals surface area contributed by atoms with Crippen molar-refractivity contribution in [2.75, 3.05) is 7.11 Å². The normalized spacial score (nSPS) is 23.6. The smallest absolute Gasteiger partial charge is 0.143 e. The van der Waals surface area contributed by atoms with Crippen LogP contribution in [0, 0.1) is 17.2 Å². The number of allylic oxidation sites excluding steroid dienone is 4. The van der Waals surface area contributed by atoms with Crippen molar-refractivity contribution in [3.63, 3.8) is 0 Å². The van der Waals surface area contributed by atoms with Crippen molar-refractivity contribution in [3.8, 4) is 11.8 Å². The third kappa shape index (κ3) is 3.43. The molecule has 2 aliphatic rings. The summed E-state index contributed by atoms with van der Waals surface area (Å²) in [7, 11) is 1.63. The molecule has 0 bridgehead atoms. The van der Waals surface area contributed by atoms with Crippen LogP contribution in [-0.2, 0) is 4.79 Å². The molecular weight excluding hydrogens is 384 g/mol. The Morgan fingerprint density at radius 3 is 2.52 bits per heavy atom. The van der Waals surface area contributed by atoms with E-state index in [1.54, 1.807) is 13.2 Å². The molecule has 5 heteroatoms. The van der Waals surface area contributed by atoms with Crippen LogP contribution in [0.25, 0.3) is 0 Å². The minimum atomic E-state index is -0.428. The lowest BCUT2D eigenvalue weighted by atomic mass is 9.69. The molecule has 2 aromatic rings. The van der Waals surface area contributed by atoms with Gasteiger partial charge in [-0.1, -0.05) is 48.0 Å². The van der Waals surface area contributed by atoms with Gasteiger partial charge in [0.05, 0.1) is 24.7 Å². The molecule has 4 rings (SSSR count). The SMILES string of the molecule is COc1ccc(C2C=C3NC(C)=C(C#N)C(c4ccccc4Cl)C3C(=O)C2)cc1. The quantitative estimate of drug-likeness (QED) is 0.773. The third-order valence-electron chi connectivity index (χ3n) is 5.77. The Morgan fingerprint density at radius 1 is 1.14 bits per heavy atom. The fourth-order valence-electron chi connectivity index (χ4n) is 4.35. The van der Waals surface area contributed by atoms with Crippen molar-refractivity contribution in [2.45, 2.75) is 25.2 Å². The number of carbonyl (C=O) groups excluding carboxylic acids is 1. The van der Waals surface area contributed by atoms with E-state index in [1.807, 2.05) is 49.4 Å². The molecule has 4 nitrogen and oxygen atoms in total. The second kappa shape index (κ2) is 7.77. The Labute approximate surface area is 175 Å². The number of hydrogen-bond donors (Lipinski definition) is 1. The minimum absolute atomic E-state index is 0.0181. The monoisotopic (exact) mass is 404 g/mol. The number of benzene rings is 2. The second-order valence-electron chi connectivity index (χ2n) is 7.42. The summed E-state index contributed by atoms with van der Waals surface area (Å²) in [6, 6.07) is 17.6. The number of rotatable bonds is 3. The average molecular weight is 405 g/mol. The van der Waals surface area contributed by atoms with Gasteiger partial charge < -0.3 is 10.1 Å². The second-order valence-corrected chi connectivity index (χ2v) is 7.83. The Bertz CT molecular complexity index is 1060. The molecule has 1 heterocycles. The lowest BCUT2D eigenvalue weighted by molar-refractivity contribution is -0.123. The molecule has 146 valence electrons. The van der Waals surface area contributed by atoms with Crippen LogP contribution in [0.3, 0.4) is 0 Å². The van der Waals surface area contributed by atoms with Gasteiger partial charge in [-0.2, -0.15) is 5.26 Å². The van der Waals surface area contributed by atoms with E-state index in [-0.39, 0.29) is 17.6 Å². The maximum atomic E-state index is 13.3. The average Bonchev–Trinajstić information content (AvgIpc) is 2.73. The number of hydrogen-bond acceptors (Lipinski definition) is 4. The van der Waals surface area contributed by atoms with Gasteiger partial charge in [0.25, 0.3) is 0 Å². The van der Waals surface area contributed by atoms with Gasteiger partial charge in [0, 0.05) is 34.7 Å². The highest BCUT2D eigenvalue weighted by molar-refractivity contribution is 6.31. The van der Waals surface area contributed by atoms with Gasteiger partial charge in [0.2, 0.25) is 0 Å². The van der Waals surface area contributed by atoms with Gasteiger partial charge in [-0.05, 0) is 36.2 Å². The first-order valence-corrected chi connectivity index (χ1v) is 9.92. The molecule has 29 heavy (non-hydrogen) atoms. The minimum Gasteiger partial charge on any atom is -0.497 e. The molecule has 2 aromatic carbocycles. The summed E-state index contributed by atoms with van der Waals surface area (Å²) in [5, 5.41) is 13.7. The third-order valence-corrected chi connectivity index (χ3v) is 6.11. The molecule has 0 aromatic heterocycles. The lowest BCUT2D eigenvalue weighted by Crippen LogP contribution is -2.39. The molecule has 0 saturated heterocycles. The molecule has 0 amide bonds. The summed E-state index contributed by atoms with van der Waals surface area (Å²) in [6.45, 7) is 1.88. The Kier molecular flexibility index (Phi) is 5.17. The van der Waals surface area contributed by atoms with Gasteiger partial charge in [-0.3, -0.25) is 4.79 Å². The molecule has 1 N–H and O–H groups in total. The van der Waals surface area contributed by atoms with Crippen LogP contribution in [0.1, 0.15) is 36.3 Å². The number of nitrogens with zero attached hydrogens (tertiary/aromatic N) is 1. The van der Waals surface area contributed by atoms with Gasteiger partial charge in [-0.25, -0.2) is 0 Å². The maximum absolute atomic E-state index is 13.3. The highest BCUT2D eigenvalue weighted by Gasteiger charge is 2.43. The van der Waals surface area contributed by atoms with Crippen LogP contribution >= 0.6 is 11.6 Å². The predicted molar refractivity (Wildman–Crippen MR) is 113 cm³/mol. The van der Waals surface area contributed by atoms with Crippen LogP contribution in [0.5, 0.6) is 5.75 Å². The van der Waals surface area contributed by atoms with Crippen molar-refractivity contribution in [1.82, 2.24) is 5.32 Å². The van der Waals surface area contributed by atoms with Gasteiger partial charge in [0.1, 0.15) is 11.5 Å².